The number of methoxy groups -OCH3 is 1. The molecule has 1 amide bonds. The molecule has 1 aromatic heterocycles. The Morgan fingerprint density at radius 2 is 2.29 bits per heavy atom. The van der Waals surface area contributed by atoms with E-state index in [9.17, 15) is 9.59 Å². The summed E-state index contributed by atoms with van der Waals surface area (Å²) in [5.41, 5.74) is 1.01. The molecule has 5 heteroatoms. The number of thiophene rings is 1. The number of hydrogen-bond donors (Lipinski definition) is 0. The van der Waals surface area contributed by atoms with E-state index in [1.807, 2.05) is 16.8 Å². The highest BCUT2D eigenvalue weighted by Gasteiger charge is 2.18. The van der Waals surface area contributed by atoms with Crippen molar-refractivity contribution in [2.45, 2.75) is 6.54 Å². The molecular weight excluding hydrogens is 202 g/mol. The van der Waals surface area contributed by atoms with Crippen molar-refractivity contribution in [3.05, 3.63) is 22.4 Å². The number of esters is 1. The van der Waals surface area contributed by atoms with E-state index in [2.05, 4.69) is 4.74 Å². The fraction of sp³-hybridized carbons (Fsp3) is 0.333. The van der Waals surface area contributed by atoms with Crippen LogP contribution in [0.25, 0.3) is 0 Å². The second-order valence-electron chi connectivity index (χ2n) is 2.78. The second kappa shape index (κ2) is 4.76. The predicted octanol–water partition coefficient (Wildman–Crippen LogP) is 0.879. The van der Waals surface area contributed by atoms with Gasteiger partial charge in [0.15, 0.2) is 0 Å². The van der Waals surface area contributed by atoms with Gasteiger partial charge in [0.2, 0.25) is 0 Å². The second-order valence-corrected chi connectivity index (χ2v) is 3.56. The van der Waals surface area contributed by atoms with Crippen LogP contribution >= 0.6 is 11.3 Å². The van der Waals surface area contributed by atoms with Crippen LogP contribution < -0.4 is 0 Å². The van der Waals surface area contributed by atoms with E-state index in [-0.39, 0.29) is 0 Å². The molecule has 14 heavy (non-hydrogen) atoms. The van der Waals surface area contributed by atoms with E-state index in [0.717, 1.165) is 5.56 Å². The molecule has 0 saturated heterocycles. The molecule has 1 rings (SSSR count). The van der Waals surface area contributed by atoms with Gasteiger partial charge in [0.05, 0.1) is 7.11 Å². The van der Waals surface area contributed by atoms with E-state index in [1.165, 1.54) is 12.0 Å². The number of amides is 1. The average molecular weight is 213 g/mol. The van der Waals surface area contributed by atoms with Crippen LogP contribution in [-0.4, -0.2) is 30.9 Å². The van der Waals surface area contributed by atoms with Gasteiger partial charge in [0.1, 0.15) is 0 Å². The third-order valence-electron chi connectivity index (χ3n) is 1.71. The minimum absolute atomic E-state index is 0.428. The minimum atomic E-state index is -0.831. The Balaban J connectivity index is 2.54. The fourth-order valence-electron chi connectivity index (χ4n) is 0.971. The van der Waals surface area contributed by atoms with Crippen LogP contribution in [0, 0.1) is 0 Å². The summed E-state index contributed by atoms with van der Waals surface area (Å²) in [5.74, 6) is -1.46. The van der Waals surface area contributed by atoms with Crippen LogP contribution in [0.5, 0.6) is 0 Å². The summed E-state index contributed by atoms with van der Waals surface area (Å²) in [6, 6.07) is 1.91. The average Bonchev–Trinajstić information content (AvgIpc) is 2.68. The molecule has 0 radical (unpaired) electrons. The number of rotatable bonds is 2. The number of carbonyl (C=O) groups excluding carboxylic acids is 2. The standard InChI is InChI=1S/C9H11NO3S/c1-10(8(11)9(12)13-2)5-7-3-4-14-6-7/h3-4,6H,5H2,1-2H3. The van der Waals surface area contributed by atoms with Gasteiger partial charge in [-0.3, -0.25) is 4.79 Å². The van der Waals surface area contributed by atoms with Crippen LogP contribution in [0.4, 0.5) is 0 Å². The van der Waals surface area contributed by atoms with Crippen molar-refractivity contribution in [2.24, 2.45) is 0 Å². The zero-order valence-corrected chi connectivity index (χ0v) is 8.84. The summed E-state index contributed by atoms with van der Waals surface area (Å²) >= 11 is 1.55. The molecule has 0 aromatic carbocycles. The number of nitrogens with zero attached hydrogens (tertiary/aromatic N) is 1. The highest BCUT2D eigenvalue weighted by atomic mass is 32.1. The first kappa shape index (κ1) is 10.7. The molecule has 0 unspecified atom stereocenters. The molecule has 0 atom stereocenters. The smallest absolute Gasteiger partial charge is 0.396 e. The summed E-state index contributed by atoms with van der Waals surface area (Å²) in [4.78, 5) is 23.5. The molecule has 1 heterocycles. The molecule has 1 aromatic rings. The Bertz CT molecular complexity index is 321. The van der Waals surface area contributed by atoms with E-state index in [1.54, 1.807) is 18.4 Å². The maximum atomic E-state index is 11.3. The van der Waals surface area contributed by atoms with Gasteiger partial charge in [-0.1, -0.05) is 0 Å². The summed E-state index contributed by atoms with van der Waals surface area (Å²) in [5, 5.41) is 3.85. The first-order valence-electron chi connectivity index (χ1n) is 3.99. The van der Waals surface area contributed by atoms with Gasteiger partial charge in [-0.05, 0) is 22.4 Å². The number of carbonyl (C=O) groups is 2. The number of likely N-dealkylation sites (N-methyl/N-ethyl adjacent to an activating group) is 1. The van der Waals surface area contributed by atoms with Gasteiger partial charge in [-0.2, -0.15) is 11.3 Å². The summed E-state index contributed by atoms with van der Waals surface area (Å²) < 4.78 is 4.32. The molecule has 0 aliphatic heterocycles. The fourth-order valence-corrected chi connectivity index (χ4v) is 1.63. The van der Waals surface area contributed by atoms with Crippen LogP contribution in [0.15, 0.2) is 16.8 Å². The third kappa shape index (κ3) is 2.56. The van der Waals surface area contributed by atoms with Crippen LogP contribution in [0.1, 0.15) is 5.56 Å². The van der Waals surface area contributed by atoms with Gasteiger partial charge in [0.25, 0.3) is 0 Å². The summed E-state index contributed by atoms with van der Waals surface area (Å²) in [6.07, 6.45) is 0. The van der Waals surface area contributed by atoms with Crippen molar-refractivity contribution in [1.29, 1.82) is 0 Å². The SMILES string of the molecule is COC(=O)C(=O)N(C)Cc1ccsc1. The molecule has 0 spiro atoms. The Morgan fingerprint density at radius 1 is 1.57 bits per heavy atom. The van der Waals surface area contributed by atoms with E-state index in [0.29, 0.717) is 6.54 Å². The Labute approximate surface area is 86.1 Å². The zero-order valence-electron chi connectivity index (χ0n) is 8.02. The van der Waals surface area contributed by atoms with Crippen LogP contribution in [0.3, 0.4) is 0 Å². The number of hydrogen-bond acceptors (Lipinski definition) is 4. The van der Waals surface area contributed by atoms with Gasteiger partial charge in [-0.25, -0.2) is 4.79 Å². The van der Waals surface area contributed by atoms with Crippen molar-refractivity contribution in [3.8, 4) is 0 Å². The quantitative estimate of drug-likeness (QED) is 0.541. The highest BCUT2D eigenvalue weighted by molar-refractivity contribution is 7.07. The normalized spacial score (nSPS) is 9.57. The van der Waals surface area contributed by atoms with Gasteiger partial charge >= 0.3 is 11.9 Å². The Hall–Kier alpha value is -1.36. The molecular formula is C9H11NO3S. The lowest BCUT2D eigenvalue weighted by Gasteiger charge is -2.14. The lowest BCUT2D eigenvalue weighted by molar-refractivity contribution is -0.157. The van der Waals surface area contributed by atoms with Gasteiger partial charge in [-0.15, -0.1) is 0 Å². The summed E-state index contributed by atoms with van der Waals surface area (Å²) in [7, 11) is 2.76. The van der Waals surface area contributed by atoms with Crippen molar-refractivity contribution >= 4 is 23.2 Å². The molecule has 0 N–H and O–H groups in total. The topological polar surface area (TPSA) is 46.6 Å². The maximum absolute atomic E-state index is 11.3. The lowest BCUT2D eigenvalue weighted by atomic mass is 10.3. The lowest BCUT2D eigenvalue weighted by Crippen LogP contribution is -2.33. The largest absolute Gasteiger partial charge is 0.462 e. The van der Waals surface area contributed by atoms with Crippen molar-refractivity contribution in [3.63, 3.8) is 0 Å². The maximum Gasteiger partial charge on any atom is 0.396 e. The highest BCUT2D eigenvalue weighted by Crippen LogP contribution is 2.08. The van der Waals surface area contributed by atoms with E-state index < -0.39 is 11.9 Å². The van der Waals surface area contributed by atoms with Crippen LogP contribution in [0.2, 0.25) is 0 Å². The molecule has 0 aliphatic carbocycles. The molecule has 0 aliphatic rings. The third-order valence-corrected chi connectivity index (χ3v) is 2.44. The van der Waals surface area contributed by atoms with E-state index in [4.69, 9.17) is 0 Å². The predicted molar refractivity (Wildman–Crippen MR) is 52.8 cm³/mol. The Morgan fingerprint density at radius 3 is 2.79 bits per heavy atom. The molecule has 76 valence electrons. The van der Waals surface area contributed by atoms with Crippen molar-refractivity contribution in [2.75, 3.05) is 14.2 Å². The zero-order chi connectivity index (χ0) is 10.6. The number of ether oxygens (including phenoxy) is 1. The molecule has 0 bridgehead atoms. The van der Waals surface area contributed by atoms with Gasteiger partial charge < -0.3 is 9.64 Å². The van der Waals surface area contributed by atoms with Crippen LogP contribution in [-0.2, 0) is 20.9 Å². The molecule has 0 fully saturated rings. The monoisotopic (exact) mass is 213 g/mol. The minimum Gasteiger partial charge on any atom is -0.462 e. The van der Waals surface area contributed by atoms with E-state index >= 15 is 0 Å². The Kier molecular flexibility index (Phi) is 3.64. The first-order valence-corrected chi connectivity index (χ1v) is 4.94. The summed E-state index contributed by atoms with van der Waals surface area (Å²) in [6.45, 7) is 0.428. The first-order chi connectivity index (χ1) is 6.65. The van der Waals surface area contributed by atoms with Crippen molar-refractivity contribution < 1.29 is 14.3 Å². The molecule has 0 saturated carbocycles. The van der Waals surface area contributed by atoms with Gasteiger partial charge in [0, 0.05) is 13.6 Å². The van der Waals surface area contributed by atoms with Crippen molar-refractivity contribution in [1.82, 2.24) is 4.90 Å². The molecule has 4 nitrogen and oxygen atoms in total.